The Morgan fingerprint density at radius 1 is 1.00 bits per heavy atom. The van der Waals surface area contributed by atoms with Crippen LogP contribution < -0.4 is 10.2 Å². The number of para-hydroxylation sites is 2. The van der Waals surface area contributed by atoms with Crippen LogP contribution in [0.3, 0.4) is 0 Å². The van der Waals surface area contributed by atoms with Crippen molar-refractivity contribution in [3.05, 3.63) is 77.7 Å². The molecule has 0 bridgehead atoms. The molecule has 0 unspecified atom stereocenters. The second kappa shape index (κ2) is 7.08. The molecule has 3 aromatic rings. The predicted octanol–water partition coefficient (Wildman–Crippen LogP) is 4.72. The van der Waals surface area contributed by atoms with Crippen LogP contribution in [0.1, 0.15) is 42.4 Å². The van der Waals surface area contributed by atoms with Crippen molar-refractivity contribution in [3.8, 4) is 0 Å². The van der Waals surface area contributed by atoms with Crippen LogP contribution in [0, 0.1) is 0 Å². The first-order valence-electron chi connectivity index (χ1n) is 9.52. The summed E-state index contributed by atoms with van der Waals surface area (Å²) in [5.74, 6) is 0.508. The van der Waals surface area contributed by atoms with Gasteiger partial charge in [-0.25, -0.2) is 9.97 Å². The summed E-state index contributed by atoms with van der Waals surface area (Å²) in [5.41, 5.74) is 4.60. The van der Waals surface area contributed by atoms with Gasteiger partial charge in [0.2, 0.25) is 0 Å². The lowest BCUT2D eigenvalue weighted by Crippen LogP contribution is -2.20. The Morgan fingerprint density at radius 3 is 2.50 bits per heavy atom. The molecule has 0 atom stereocenters. The molecule has 142 valence electrons. The van der Waals surface area contributed by atoms with Crippen LogP contribution in [0.2, 0.25) is 0 Å². The third kappa shape index (κ3) is 3.48. The van der Waals surface area contributed by atoms with Gasteiger partial charge in [0.05, 0.1) is 12.4 Å². The minimum absolute atomic E-state index is 0.0669. The Labute approximate surface area is 165 Å². The first-order valence-corrected chi connectivity index (χ1v) is 9.52. The van der Waals surface area contributed by atoms with Gasteiger partial charge >= 0.3 is 0 Å². The molecule has 1 amide bonds. The molecule has 1 aromatic heterocycles. The van der Waals surface area contributed by atoms with E-state index in [4.69, 9.17) is 0 Å². The Bertz CT molecular complexity index is 1010. The normalized spacial score (nSPS) is 13.3. The number of hydrogen-bond acceptors (Lipinski definition) is 4. The third-order valence-corrected chi connectivity index (χ3v) is 5.02. The molecule has 0 spiro atoms. The van der Waals surface area contributed by atoms with Crippen molar-refractivity contribution < 1.29 is 4.79 Å². The van der Waals surface area contributed by atoms with Crippen LogP contribution in [0.4, 0.5) is 17.2 Å². The van der Waals surface area contributed by atoms with Crippen molar-refractivity contribution in [2.24, 2.45) is 0 Å². The topological polar surface area (TPSA) is 58.1 Å². The van der Waals surface area contributed by atoms with Crippen LogP contribution in [-0.2, 0) is 11.8 Å². The maximum absolute atomic E-state index is 12.7. The molecule has 4 rings (SSSR count). The molecule has 2 heterocycles. The van der Waals surface area contributed by atoms with E-state index in [1.807, 2.05) is 30.3 Å². The lowest BCUT2D eigenvalue weighted by molar-refractivity contribution is 0.102. The van der Waals surface area contributed by atoms with E-state index < -0.39 is 0 Å². The fourth-order valence-corrected chi connectivity index (χ4v) is 3.59. The number of rotatable bonds is 3. The molecule has 0 radical (unpaired) electrons. The van der Waals surface area contributed by atoms with Gasteiger partial charge in [0, 0.05) is 17.9 Å². The number of fused-ring (bicyclic) bond motifs is 1. The molecule has 1 aliphatic heterocycles. The first-order chi connectivity index (χ1) is 13.4. The number of nitrogens with one attached hydrogen (secondary N) is 1. The van der Waals surface area contributed by atoms with Crippen LogP contribution in [0.25, 0.3) is 0 Å². The van der Waals surface area contributed by atoms with Crippen molar-refractivity contribution in [1.29, 1.82) is 0 Å². The summed E-state index contributed by atoms with van der Waals surface area (Å²) in [5, 5.41) is 2.98. The molecule has 0 fully saturated rings. The summed E-state index contributed by atoms with van der Waals surface area (Å²) in [6, 6.07) is 16.2. The van der Waals surface area contributed by atoms with Gasteiger partial charge in [-0.15, -0.1) is 0 Å². The van der Waals surface area contributed by atoms with Gasteiger partial charge in [-0.3, -0.25) is 4.79 Å². The van der Waals surface area contributed by atoms with Gasteiger partial charge in [-0.1, -0.05) is 57.2 Å². The summed E-state index contributed by atoms with van der Waals surface area (Å²) in [6.45, 7) is 7.25. The van der Waals surface area contributed by atoms with Gasteiger partial charge < -0.3 is 10.2 Å². The van der Waals surface area contributed by atoms with Crippen molar-refractivity contribution in [2.45, 2.75) is 32.6 Å². The Morgan fingerprint density at radius 2 is 1.75 bits per heavy atom. The molecular formula is C23H24N4O. The zero-order valence-electron chi connectivity index (χ0n) is 16.4. The van der Waals surface area contributed by atoms with E-state index in [0.717, 1.165) is 35.7 Å². The van der Waals surface area contributed by atoms with Crippen LogP contribution >= 0.6 is 0 Å². The Balaban J connectivity index is 1.53. The number of benzene rings is 2. The second-order valence-corrected chi connectivity index (χ2v) is 8.04. The lowest BCUT2D eigenvalue weighted by atomic mass is 9.86. The van der Waals surface area contributed by atoms with Crippen molar-refractivity contribution in [2.75, 3.05) is 16.8 Å². The highest BCUT2D eigenvalue weighted by Gasteiger charge is 2.22. The predicted molar refractivity (Wildman–Crippen MR) is 112 cm³/mol. The molecule has 0 saturated heterocycles. The van der Waals surface area contributed by atoms with Gasteiger partial charge in [-0.05, 0) is 35.1 Å². The maximum Gasteiger partial charge on any atom is 0.275 e. The van der Waals surface area contributed by atoms with Crippen molar-refractivity contribution in [1.82, 2.24) is 9.97 Å². The number of anilines is 3. The highest BCUT2D eigenvalue weighted by molar-refractivity contribution is 6.03. The van der Waals surface area contributed by atoms with E-state index in [2.05, 4.69) is 59.2 Å². The van der Waals surface area contributed by atoms with E-state index >= 15 is 0 Å². The Hall–Kier alpha value is -3.21. The lowest BCUT2D eigenvalue weighted by Gasteiger charge is -2.23. The average Bonchev–Trinajstić information content (AvgIpc) is 3.12. The fourth-order valence-electron chi connectivity index (χ4n) is 3.59. The SMILES string of the molecule is CC(C)(C)c1ccccc1NC(=O)c1cnc(N2CCc3ccccc32)cn1. The molecule has 5 nitrogen and oxygen atoms in total. The second-order valence-electron chi connectivity index (χ2n) is 8.04. The van der Waals surface area contributed by atoms with Crippen LogP contribution in [0.5, 0.6) is 0 Å². The third-order valence-electron chi connectivity index (χ3n) is 5.02. The molecule has 0 aliphatic carbocycles. The van der Waals surface area contributed by atoms with E-state index in [1.54, 1.807) is 12.4 Å². The summed E-state index contributed by atoms with van der Waals surface area (Å²) in [6.07, 6.45) is 4.21. The van der Waals surface area contributed by atoms with Crippen molar-refractivity contribution in [3.63, 3.8) is 0 Å². The van der Waals surface area contributed by atoms with Gasteiger partial charge in [0.15, 0.2) is 5.82 Å². The number of amides is 1. The number of carbonyl (C=O) groups is 1. The van der Waals surface area contributed by atoms with Gasteiger partial charge in [0.1, 0.15) is 5.69 Å². The summed E-state index contributed by atoms with van der Waals surface area (Å²) in [4.78, 5) is 23.7. The minimum atomic E-state index is -0.252. The smallest absolute Gasteiger partial charge is 0.275 e. The van der Waals surface area contributed by atoms with Crippen LogP contribution in [-0.4, -0.2) is 22.4 Å². The zero-order chi connectivity index (χ0) is 19.7. The standard InChI is InChI=1S/C23H24N4O/c1-23(2,3)17-9-5-6-10-18(17)26-22(28)19-14-25-21(15-24-19)27-13-12-16-8-4-7-11-20(16)27/h4-11,14-15H,12-13H2,1-3H3,(H,26,28). The Kier molecular flexibility index (Phi) is 4.59. The minimum Gasteiger partial charge on any atom is -0.325 e. The average molecular weight is 372 g/mol. The van der Waals surface area contributed by atoms with E-state index in [1.165, 1.54) is 5.56 Å². The van der Waals surface area contributed by atoms with Gasteiger partial charge in [-0.2, -0.15) is 0 Å². The maximum atomic E-state index is 12.7. The molecule has 28 heavy (non-hydrogen) atoms. The number of carbonyl (C=O) groups excluding carboxylic acids is 1. The van der Waals surface area contributed by atoms with Crippen molar-refractivity contribution >= 4 is 23.1 Å². The largest absolute Gasteiger partial charge is 0.325 e. The number of aromatic nitrogens is 2. The monoisotopic (exact) mass is 372 g/mol. The molecule has 1 aliphatic rings. The quantitative estimate of drug-likeness (QED) is 0.723. The highest BCUT2D eigenvalue weighted by atomic mass is 16.1. The molecule has 0 saturated carbocycles. The van der Waals surface area contributed by atoms with E-state index in [0.29, 0.717) is 5.69 Å². The highest BCUT2D eigenvalue weighted by Crippen LogP contribution is 2.33. The molecule has 5 heteroatoms. The zero-order valence-corrected chi connectivity index (χ0v) is 16.4. The molecule has 1 N–H and O–H groups in total. The molecule has 2 aromatic carbocycles. The summed E-state index contributed by atoms with van der Waals surface area (Å²) < 4.78 is 0. The van der Waals surface area contributed by atoms with E-state index in [-0.39, 0.29) is 11.3 Å². The first kappa shape index (κ1) is 18.2. The molecular weight excluding hydrogens is 348 g/mol. The summed E-state index contributed by atoms with van der Waals surface area (Å²) in [7, 11) is 0. The number of nitrogens with zero attached hydrogens (tertiary/aromatic N) is 3. The van der Waals surface area contributed by atoms with E-state index in [9.17, 15) is 4.79 Å². The fraction of sp³-hybridized carbons (Fsp3) is 0.261. The number of hydrogen-bond donors (Lipinski definition) is 1. The van der Waals surface area contributed by atoms with Gasteiger partial charge in [0.25, 0.3) is 5.91 Å². The van der Waals surface area contributed by atoms with Crippen LogP contribution in [0.15, 0.2) is 60.9 Å². The summed E-state index contributed by atoms with van der Waals surface area (Å²) >= 11 is 0.